The summed E-state index contributed by atoms with van der Waals surface area (Å²) in [4.78, 5) is 0. The third-order valence-electron chi connectivity index (χ3n) is 1.26. The highest BCUT2D eigenvalue weighted by Crippen LogP contribution is 2.32. The zero-order chi connectivity index (χ0) is 7.78. The summed E-state index contributed by atoms with van der Waals surface area (Å²) in [6.07, 6.45) is 1.84. The van der Waals surface area contributed by atoms with Crippen molar-refractivity contribution >= 4 is 0 Å². The molecule has 1 fully saturated rings. The van der Waals surface area contributed by atoms with Crippen LogP contribution in [-0.2, 0) is 9.47 Å². The van der Waals surface area contributed by atoms with Crippen LogP contribution in [0.3, 0.4) is 0 Å². The maximum absolute atomic E-state index is 5.35. The average Bonchev–Trinajstić information content (AvgIpc) is 2.05. The van der Waals surface area contributed by atoms with Crippen LogP contribution in [0.1, 0.15) is 20.8 Å². The normalized spacial score (nSPS) is 26.3. The molecule has 0 aromatic carbocycles. The van der Waals surface area contributed by atoms with Crippen LogP contribution in [0.4, 0.5) is 0 Å². The Hall–Kier alpha value is -0.920. The van der Waals surface area contributed by atoms with E-state index < -0.39 is 5.79 Å². The number of allylic oxidation sites excluding steroid dienone is 1. The van der Waals surface area contributed by atoms with Gasteiger partial charge < -0.3 is 9.47 Å². The van der Waals surface area contributed by atoms with E-state index in [4.69, 9.17) is 9.47 Å². The Balaban J connectivity index is 2.81. The van der Waals surface area contributed by atoms with Crippen molar-refractivity contribution < 1.29 is 9.47 Å². The summed E-state index contributed by atoms with van der Waals surface area (Å²) in [5.74, 6) is 0.830. The largest absolute Gasteiger partial charge is 0.450 e. The molecule has 0 aromatic rings. The standard InChI is InChI=1S/C8H12O2/c1-5-7-6(2)9-8(3,4)10-7/h5H,2H2,1,3-4H3/b7-5+. The van der Waals surface area contributed by atoms with Gasteiger partial charge in [0.15, 0.2) is 11.5 Å². The molecule has 0 atom stereocenters. The first-order chi connectivity index (χ1) is 4.55. The molecule has 56 valence electrons. The summed E-state index contributed by atoms with van der Waals surface area (Å²) in [6, 6.07) is 0. The topological polar surface area (TPSA) is 18.5 Å². The van der Waals surface area contributed by atoms with Gasteiger partial charge in [-0.15, -0.1) is 0 Å². The minimum atomic E-state index is -0.529. The number of ether oxygens (including phenoxy) is 2. The number of hydrogen-bond acceptors (Lipinski definition) is 2. The van der Waals surface area contributed by atoms with Crippen molar-refractivity contribution in [2.45, 2.75) is 26.6 Å². The molecular formula is C8H12O2. The van der Waals surface area contributed by atoms with Gasteiger partial charge in [0, 0.05) is 13.8 Å². The highest BCUT2D eigenvalue weighted by molar-refractivity contribution is 5.20. The Bertz CT molecular complexity index is 189. The third kappa shape index (κ3) is 1.15. The Morgan fingerprint density at radius 3 is 2.20 bits per heavy atom. The number of hydrogen-bond donors (Lipinski definition) is 0. The fourth-order valence-electron chi connectivity index (χ4n) is 0.909. The first kappa shape index (κ1) is 7.19. The molecule has 10 heavy (non-hydrogen) atoms. The smallest absolute Gasteiger partial charge is 0.246 e. The zero-order valence-electron chi connectivity index (χ0n) is 6.60. The molecule has 0 N–H and O–H groups in total. The van der Waals surface area contributed by atoms with Crippen LogP contribution < -0.4 is 0 Å². The fourth-order valence-corrected chi connectivity index (χ4v) is 0.909. The lowest BCUT2D eigenvalue weighted by atomic mass is 10.4. The van der Waals surface area contributed by atoms with Crippen molar-refractivity contribution in [3.05, 3.63) is 24.2 Å². The van der Waals surface area contributed by atoms with Gasteiger partial charge in [-0.3, -0.25) is 0 Å². The quantitative estimate of drug-likeness (QED) is 0.513. The molecule has 0 saturated carbocycles. The van der Waals surface area contributed by atoms with Crippen LogP contribution in [0.25, 0.3) is 0 Å². The maximum Gasteiger partial charge on any atom is 0.246 e. The van der Waals surface area contributed by atoms with Gasteiger partial charge in [0.05, 0.1) is 0 Å². The Labute approximate surface area is 61.1 Å². The second-order valence-electron chi connectivity index (χ2n) is 2.68. The second-order valence-corrected chi connectivity index (χ2v) is 2.68. The van der Waals surface area contributed by atoms with Crippen molar-refractivity contribution in [2.75, 3.05) is 0 Å². The van der Waals surface area contributed by atoms with E-state index >= 15 is 0 Å². The molecule has 0 unspecified atom stereocenters. The predicted octanol–water partition coefficient (Wildman–Crippen LogP) is 2.19. The van der Waals surface area contributed by atoms with Gasteiger partial charge in [0.25, 0.3) is 0 Å². The molecule has 1 saturated heterocycles. The van der Waals surface area contributed by atoms with Crippen molar-refractivity contribution in [2.24, 2.45) is 0 Å². The van der Waals surface area contributed by atoms with E-state index in [1.54, 1.807) is 0 Å². The van der Waals surface area contributed by atoms with E-state index in [-0.39, 0.29) is 0 Å². The fraction of sp³-hybridized carbons (Fsp3) is 0.500. The molecule has 1 rings (SSSR count). The van der Waals surface area contributed by atoms with Crippen LogP contribution in [0.2, 0.25) is 0 Å². The van der Waals surface area contributed by atoms with Crippen LogP contribution in [0.5, 0.6) is 0 Å². The molecule has 1 aliphatic rings. The highest BCUT2D eigenvalue weighted by atomic mass is 16.7. The van der Waals surface area contributed by atoms with Crippen LogP contribution in [-0.4, -0.2) is 5.79 Å². The summed E-state index contributed by atoms with van der Waals surface area (Å²) in [7, 11) is 0. The van der Waals surface area contributed by atoms with Gasteiger partial charge in [-0.05, 0) is 13.0 Å². The van der Waals surface area contributed by atoms with Gasteiger partial charge in [-0.2, -0.15) is 0 Å². The van der Waals surface area contributed by atoms with Gasteiger partial charge >= 0.3 is 0 Å². The van der Waals surface area contributed by atoms with Crippen molar-refractivity contribution in [1.82, 2.24) is 0 Å². The predicted molar refractivity (Wildman–Crippen MR) is 39.1 cm³/mol. The Morgan fingerprint density at radius 1 is 1.40 bits per heavy atom. The van der Waals surface area contributed by atoms with Gasteiger partial charge in [0.1, 0.15) is 0 Å². The summed E-state index contributed by atoms with van der Waals surface area (Å²) in [6.45, 7) is 9.29. The Morgan fingerprint density at radius 2 is 2.00 bits per heavy atom. The SMILES string of the molecule is C=C1OC(C)(C)O/C1=C/C. The molecule has 2 heteroatoms. The van der Waals surface area contributed by atoms with Gasteiger partial charge in [0.2, 0.25) is 5.79 Å². The number of rotatable bonds is 0. The first-order valence-electron chi connectivity index (χ1n) is 3.29. The van der Waals surface area contributed by atoms with E-state index in [1.165, 1.54) is 0 Å². The lowest BCUT2D eigenvalue weighted by Crippen LogP contribution is -2.18. The molecule has 0 aliphatic carbocycles. The van der Waals surface area contributed by atoms with Gasteiger partial charge in [-0.1, -0.05) is 6.58 Å². The third-order valence-corrected chi connectivity index (χ3v) is 1.26. The minimum Gasteiger partial charge on any atom is -0.450 e. The second kappa shape index (κ2) is 2.04. The molecule has 2 nitrogen and oxygen atoms in total. The van der Waals surface area contributed by atoms with E-state index in [0.29, 0.717) is 5.76 Å². The van der Waals surface area contributed by atoms with Crippen molar-refractivity contribution in [3.63, 3.8) is 0 Å². The molecule has 0 spiro atoms. The summed E-state index contributed by atoms with van der Waals surface area (Å²) in [5.41, 5.74) is 0. The summed E-state index contributed by atoms with van der Waals surface area (Å²) < 4.78 is 10.6. The van der Waals surface area contributed by atoms with Gasteiger partial charge in [-0.25, -0.2) is 0 Å². The first-order valence-corrected chi connectivity index (χ1v) is 3.29. The monoisotopic (exact) mass is 140 g/mol. The maximum atomic E-state index is 5.35. The molecule has 0 bridgehead atoms. The lowest BCUT2D eigenvalue weighted by molar-refractivity contribution is -0.104. The average molecular weight is 140 g/mol. The molecule has 1 heterocycles. The van der Waals surface area contributed by atoms with Crippen molar-refractivity contribution in [3.8, 4) is 0 Å². The summed E-state index contributed by atoms with van der Waals surface area (Å²) in [5, 5.41) is 0. The van der Waals surface area contributed by atoms with Crippen LogP contribution in [0, 0.1) is 0 Å². The van der Waals surface area contributed by atoms with E-state index in [9.17, 15) is 0 Å². The molecule has 0 amide bonds. The molecule has 0 radical (unpaired) electrons. The minimum absolute atomic E-state index is 0.529. The van der Waals surface area contributed by atoms with E-state index in [1.807, 2.05) is 26.8 Å². The summed E-state index contributed by atoms with van der Waals surface area (Å²) >= 11 is 0. The van der Waals surface area contributed by atoms with E-state index in [2.05, 4.69) is 6.58 Å². The Kier molecular flexibility index (Phi) is 1.47. The van der Waals surface area contributed by atoms with Crippen LogP contribution in [0.15, 0.2) is 24.2 Å². The van der Waals surface area contributed by atoms with Crippen molar-refractivity contribution in [1.29, 1.82) is 0 Å². The van der Waals surface area contributed by atoms with Crippen LogP contribution >= 0.6 is 0 Å². The van der Waals surface area contributed by atoms with E-state index in [0.717, 1.165) is 5.76 Å². The molecule has 1 aliphatic heterocycles. The zero-order valence-corrected chi connectivity index (χ0v) is 6.60. The highest BCUT2D eigenvalue weighted by Gasteiger charge is 2.32. The lowest BCUT2D eigenvalue weighted by Gasteiger charge is -2.14. The molecule has 0 aromatic heterocycles. The molecular weight excluding hydrogens is 128 g/mol.